The largest absolute Gasteiger partial charge is 0.339 e. The van der Waals surface area contributed by atoms with Crippen LogP contribution < -0.4 is 0 Å². The predicted molar refractivity (Wildman–Crippen MR) is 114 cm³/mol. The van der Waals surface area contributed by atoms with Gasteiger partial charge in [-0.25, -0.2) is 0 Å². The zero-order valence-corrected chi connectivity index (χ0v) is 17.3. The molecule has 146 valence electrons. The van der Waals surface area contributed by atoms with Gasteiger partial charge in [-0.3, -0.25) is 4.79 Å². The Morgan fingerprint density at radius 3 is 2.83 bits per heavy atom. The third-order valence-electron chi connectivity index (χ3n) is 5.15. The molecule has 4 aromatic rings. The van der Waals surface area contributed by atoms with Gasteiger partial charge in [0.15, 0.2) is 0 Å². The molecule has 5 rings (SSSR count). The molecule has 7 heteroatoms. The Hall–Kier alpha value is -2.77. The molecule has 1 aromatic carbocycles. The number of aromatic nitrogens is 2. The van der Waals surface area contributed by atoms with Crippen LogP contribution in [-0.4, -0.2) is 27.5 Å². The number of aryl methyl sites for hydroxylation is 1. The van der Waals surface area contributed by atoms with E-state index in [9.17, 15) is 4.79 Å². The van der Waals surface area contributed by atoms with Crippen LogP contribution in [0.4, 0.5) is 0 Å². The van der Waals surface area contributed by atoms with Gasteiger partial charge in [-0.15, -0.1) is 22.7 Å². The van der Waals surface area contributed by atoms with Gasteiger partial charge in [-0.1, -0.05) is 41.6 Å². The number of carbonyl (C=O) groups is 1. The monoisotopic (exact) mass is 421 g/mol. The first-order valence-electron chi connectivity index (χ1n) is 9.57. The Bertz CT molecular complexity index is 1100. The van der Waals surface area contributed by atoms with Crippen molar-refractivity contribution < 1.29 is 9.32 Å². The molecular formula is C22H19N3O2S2. The van der Waals surface area contributed by atoms with Crippen molar-refractivity contribution in [1.29, 1.82) is 0 Å². The van der Waals surface area contributed by atoms with E-state index in [2.05, 4.69) is 33.0 Å². The summed E-state index contributed by atoms with van der Waals surface area (Å²) in [6.07, 6.45) is 1.72. The molecule has 3 aromatic heterocycles. The van der Waals surface area contributed by atoms with Crippen molar-refractivity contribution in [1.82, 2.24) is 15.0 Å². The van der Waals surface area contributed by atoms with Crippen LogP contribution in [0, 0.1) is 0 Å². The molecule has 1 amide bonds. The Balaban J connectivity index is 1.31. The summed E-state index contributed by atoms with van der Waals surface area (Å²) in [5.41, 5.74) is 2.17. The third-order valence-corrected chi connectivity index (χ3v) is 7.07. The first kappa shape index (κ1) is 18.3. The Morgan fingerprint density at radius 2 is 2.00 bits per heavy atom. The molecule has 0 fully saturated rings. The van der Waals surface area contributed by atoms with E-state index in [0.717, 1.165) is 18.5 Å². The Labute approximate surface area is 176 Å². The van der Waals surface area contributed by atoms with Crippen molar-refractivity contribution in [2.45, 2.75) is 25.3 Å². The number of hydrogen-bond donors (Lipinski definition) is 0. The van der Waals surface area contributed by atoms with Gasteiger partial charge in [0.1, 0.15) is 0 Å². The van der Waals surface area contributed by atoms with Gasteiger partial charge in [0.25, 0.3) is 0 Å². The lowest BCUT2D eigenvalue weighted by atomic mass is 9.98. The average Bonchev–Trinajstić information content (AvgIpc) is 3.53. The molecule has 29 heavy (non-hydrogen) atoms. The summed E-state index contributed by atoms with van der Waals surface area (Å²) in [4.78, 5) is 22.2. The van der Waals surface area contributed by atoms with Crippen LogP contribution in [-0.2, 0) is 17.6 Å². The molecule has 0 bridgehead atoms. The highest BCUT2D eigenvalue weighted by Crippen LogP contribution is 2.39. The number of hydrogen-bond acceptors (Lipinski definition) is 6. The second-order valence-electron chi connectivity index (χ2n) is 6.93. The van der Waals surface area contributed by atoms with E-state index >= 15 is 0 Å². The highest BCUT2D eigenvalue weighted by Gasteiger charge is 2.33. The van der Waals surface area contributed by atoms with Crippen LogP contribution in [0.15, 0.2) is 63.8 Å². The Morgan fingerprint density at radius 1 is 1.10 bits per heavy atom. The maximum absolute atomic E-state index is 13.1. The van der Waals surface area contributed by atoms with E-state index < -0.39 is 0 Å². The highest BCUT2D eigenvalue weighted by atomic mass is 32.1. The quantitative estimate of drug-likeness (QED) is 0.457. The number of carbonyl (C=O) groups excluding carboxylic acids is 1. The van der Waals surface area contributed by atoms with Crippen molar-refractivity contribution in [3.63, 3.8) is 0 Å². The fourth-order valence-electron chi connectivity index (χ4n) is 3.76. The van der Waals surface area contributed by atoms with Gasteiger partial charge in [0.2, 0.25) is 17.6 Å². The minimum atomic E-state index is 0.0139. The molecule has 1 atom stereocenters. The molecular weight excluding hydrogens is 402 g/mol. The lowest BCUT2D eigenvalue weighted by Crippen LogP contribution is -2.39. The van der Waals surface area contributed by atoms with Crippen LogP contribution in [0.25, 0.3) is 11.4 Å². The molecule has 0 unspecified atom stereocenters. The van der Waals surface area contributed by atoms with Crippen LogP contribution in [0.3, 0.4) is 0 Å². The van der Waals surface area contributed by atoms with Crippen molar-refractivity contribution in [2.24, 2.45) is 0 Å². The summed E-state index contributed by atoms with van der Waals surface area (Å²) >= 11 is 3.49. The first-order valence-corrected chi connectivity index (χ1v) is 11.3. The molecule has 0 radical (unpaired) electrons. The van der Waals surface area contributed by atoms with Crippen LogP contribution in [0.5, 0.6) is 0 Å². The second kappa shape index (κ2) is 7.93. The number of fused-ring (bicyclic) bond motifs is 1. The zero-order valence-electron chi connectivity index (χ0n) is 15.7. The summed E-state index contributed by atoms with van der Waals surface area (Å²) in [5.74, 6) is 1.18. The lowest BCUT2D eigenvalue weighted by molar-refractivity contribution is -0.133. The molecule has 0 N–H and O–H groups in total. The average molecular weight is 422 g/mol. The number of rotatable bonds is 5. The van der Waals surface area contributed by atoms with Crippen LogP contribution >= 0.6 is 22.7 Å². The van der Waals surface area contributed by atoms with Crippen LogP contribution in [0.1, 0.15) is 33.7 Å². The molecule has 5 nitrogen and oxygen atoms in total. The number of thiophene rings is 2. The summed E-state index contributed by atoms with van der Waals surface area (Å²) in [6.45, 7) is 0.744. The minimum Gasteiger partial charge on any atom is -0.339 e. The molecule has 0 spiro atoms. The van der Waals surface area contributed by atoms with Crippen LogP contribution in [0.2, 0.25) is 0 Å². The fraction of sp³-hybridized carbons (Fsp3) is 0.227. The van der Waals surface area contributed by atoms with Gasteiger partial charge < -0.3 is 9.42 Å². The first-order chi connectivity index (χ1) is 14.3. The minimum absolute atomic E-state index is 0.0139. The van der Waals surface area contributed by atoms with Crippen molar-refractivity contribution in [3.05, 3.63) is 80.5 Å². The van der Waals surface area contributed by atoms with E-state index in [4.69, 9.17) is 4.52 Å². The van der Waals surface area contributed by atoms with Gasteiger partial charge in [-0.05, 0) is 34.9 Å². The van der Waals surface area contributed by atoms with Crippen molar-refractivity contribution in [2.75, 3.05) is 6.54 Å². The van der Waals surface area contributed by atoms with E-state index in [1.54, 1.807) is 22.7 Å². The number of amides is 1. The molecule has 0 aliphatic carbocycles. The van der Waals surface area contributed by atoms with E-state index in [1.807, 2.05) is 41.3 Å². The number of benzene rings is 1. The normalized spacial score (nSPS) is 16.0. The van der Waals surface area contributed by atoms with Crippen molar-refractivity contribution in [3.8, 4) is 11.4 Å². The maximum atomic E-state index is 13.1. The van der Waals surface area contributed by atoms with Gasteiger partial charge in [-0.2, -0.15) is 4.98 Å². The lowest BCUT2D eigenvalue weighted by Gasteiger charge is -2.35. The third kappa shape index (κ3) is 3.63. The summed E-state index contributed by atoms with van der Waals surface area (Å²) in [6, 6.07) is 16.1. The summed E-state index contributed by atoms with van der Waals surface area (Å²) < 4.78 is 5.37. The maximum Gasteiger partial charge on any atom is 0.227 e. The fourth-order valence-corrected chi connectivity index (χ4v) is 5.52. The standard InChI is InChI=1S/C22H19N3O2S2/c26-20(9-8-19-23-22(24-27-19)15-5-2-1-3-6-15)25-12-10-17-16(11-14-29-17)21(25)18-7-4-13-28-18/h1-7,11,13-14,21H,8-10,12H2/t21-/m0/s1. The summed E-state index contributed by atoms with van der Waals surface area (Å²) in [7, 11) is 0. The van der Waals surface area contributed by atoms with Crippen molar-refractivity contribution >= 4 is 28.6 Å². The smallest absolute Gasteiger partial charge is 0.227 e. The van der Waals surface area contributed by atoms with Gasteiger partial charge >= 0.3 is 0 Å². The molecule has 0 saturated heterocycles. The molecule has 0 saturated carbocycles. The summed E-state index contributed by atoms with van der Waals surface area (Å²) in [5, 5.41) is 8.25. The zero-order chi connectivity index (χ0) is 19.6. The van der Waals surface area contributed by atoms with Gasteiger partial charge in [0, 0.05) is 34.7 Å². The molecule has 1 aliphatic heterocycles. The topological polar surface area (TPSA) is 59.2 Å². The highest BCUT2D eigenvalue weighted by molar-refractivity contribution is 7.10. The molecule has 4 heterocycles. The Kier molecular flexibility index (Phi) is 4.99. The van der Waals surface area contributed by atoms with E-state index in [1.165, 1.54) is 15.3 Å². The second-order valence-corrected chi connectivity index (χ2v) is 8.91. The molecule has 1 aliphatic rings. The van der Waals surface area contributed by atoms with E-state index in [0.29, 0.717) is 24.6 Å². The number of nitrogens with zero attached hydrogens (tertiary/aromatic N) is 3. The SMILES string of the molecule is O=C(CCc1nc(-c2ccccc2)no1)N1CCc2sccc2[C@H]1c1cccs1. The predicted octanol–water partition coefficient (Wildman–Crippen LogP) is 4.97. The van der Waals surface area contributed by atoms with Gasteiger partial charge in [0.05, 0.1) is 6.04 Å². The van der Waals surface area contributed by atoms with E-state index in [-0.39, 0.29) is 11.9 Å².